The van der Waals surface area contributed by atoms with Gasteiger partial charge in [0.1, 0.15) is 23.5 Å². The van der Waals surface area contributed by atoms with E-state index in [1.165, 1.54) is 21.6 Å². The number of nitrogens with zero attached hydrogens (tertiary/aromatic N) is 8. The minimum absolute atomic E-state index is 0.00522. The fourth-order valence-corrected chi connectivity index (χ4v) is 4.15. The van der Waals surface area contributed by atoms with Crippen molar-refractivity contribution in [2.24, 2.45) is 5.92 Å². The number of carbonyl (C=O) groups is 2. The number of tetrazole rings is 1. The Hall–Kier alpha value is -4.03. The fourth-order valence-electron chi connectivity index (χ4n) is 4.15. The van der Waals surface area contributed by atoms with Crippen molar-refractivity contribution >= 4 is 17.5 Å². The quantitative estimate of drug-likeness (QED) is 0.256. The second kappa shape index (κ2) is 12.9. The highest BCUT2D eigenvalue weighted by Gasteiger charge is 2.49. The summed E-state index contributed by atoms with van der Waals surface area (Å²) >= 11 is 0. The summed E-state index contributed by atoms with van der Waals surface area (Å²) < 4.78 is 90.9. The van der Waals surface area contributed by atoms with Crippen LogP contribution in [0.25, 0.3) is 0 Å². The van der Waals surface area contributed by atoms with Gasteiger partial charge in [0.15, 0.2) is 11.4 Å². The fraction of sp³-hybridized carbons (Fsp3) is 0.640. The van der Waals surface area contributed by atoms with Crippen LogP contribution in [0.3, 0.4) is 0 Å². The molecule has 0 unspecified atom stereocenters. The van der Waals surface area contributed by atoms with E-state index in [-0.39, 0.29) is 23.5 Å². The van der Waals surface area contributed by atoms with E-state index in [2.05, 4.69) is 36.4 Å². The molecule has 242 valence electrons. The van der Waals surface area contributed by atoms with Crippen LogP contribution in [0.4, 0.5) is 32.0 Å². The van der Waals surface area contributed by atoms with Crippen molar-refractivity contribution in [2.45, 2.75) is 89.8 Å². The van der Waals surface area contributed by atoms with Crippen LogP contribution in [-0.4, -0.2) is 82.4 Å². The number of nitrogens with one attached hydrogen (secondary N) is 2. The first-order chi connectivity index (χ1) is 20.6. The largest absolute Gasteiger partial charge is 0.416 e. The van der Waals surface area contributed by atoms with E-state index in [0.29, 0.717) is 6.54 Å². The van der Waals surface area contributed by atoms with Crippen molar-refractivity contribution in [3.8, 4) is 0 Å². The van der Waals surface area contributed by atoms with Crippen LogP contribution in [0.2, 0.25) is 0 Å². The Labute approximate surface area is 247 Å². The molecule has 3 aromatic heterocycles. The number of anilines is 1. The maximum Gasteiger partial charge on any atom is 0.416 e. The van der Waals surface area contributed by atoms with E-state index >= 15 is 0 Å². The lowest BCUT2D eigenvalue weighted by atomic mass is 10.1. The lowest BCUT2D eigenvalue weighted by molar-refractivity contribution is -0.264. The minimum atomic E-state index is -4.82. The van der Waals surface area contributed by atoms with Gasteiger partial charge in [-0.1, -0.05) is 0 Å². The summed E-state index contributed by atoms with van der Waals surface area (Å²) in [4.78, 5) is 26.3. The molecule has 13 nitrogen and oxygen atoms in total. The average Bonchev–Trinajstić information content (AvgIpc) is 3.27. The van der Waals surface area contributed by atoms with Crippen LogP contribution < -0.4 is 10.6 Å². The molecule has 1 fully saturated rings. The smallest absolute Gasteiger partial charge is 0.363 e. The van der Waals surface area contributed by atoms with Crippen LogP contribution in [-0.2, 0) is 16.1 Å². The number of halogens is 6. The summed E-state index contributed by atoms with van der Waals surface area (Å²) in [7, 11) is 0. The molecule has 0 bridgehead atoms. The first-order valence-corrected chi connectivity index (χ1v) is 13.7. The highest BCUT2D eigenvalue weighted by molar-refractivity contribution is 6.00. The highest BCUT2D eigenvalue weighted by Crippen LogP contribution is 2.34. The number of aromatic nitrogens is 8. The van der Waals surface area contributed by atoms with Gasteiger partial charge in [0.2, 0.25) is 12.3 Å². The second-order valence-corrected chi connectivity index (χ2v) is 11.2. The Kier molecular flexibility index (Phi) is 9.65. The molecular formula is C25H32F6N10O3. The number of ether oxygens (including phenoxy) is 1. The van der Waals surface area contributed by atoms with Gasteiger partial charge in [-0.15, -0.1) is 10.2 Å². The molecule has 44 heavy (non-hydrogen) atoms. The first-order valence-electron chi connectivity index (χ1n) is 13.7. The van der Waals surface area contributed by atoms with Crippen LogP contribution in [0, 0.1) is 11.9 Å². The molecule has 3 heterocycles. The zero-order valence-electron chi connectivity index (χ0n) is 24.2. The second-order valence-electron chi connectivity index (χ2n) is 11.2. The van der Waals surface area contributed by atoms with Gasteiger partial charge >= 0.3 is 6.18 Å². The third-order valence-electron chi connectivity index (χ3n) is 6.96. The summed E-state index contributed by atoms with van der Waals surface area (Å²) in [5.41, 5.74) is -3.29. The summed E-state index contributed by atoms with van der Waals surface area (Å²) in [6.45, 7) is 4.35. The Bertz CT molecular complexity index is 1450. The normalized spacial score (nSPS) is 15.5. The lowest BCUT2D eigenvalue weighted by Crippen LogP contribution is -2.51. The van der Waals surface area contributed by atoms with Gasteiger partial charge in [-0.2, -0.15) is 22.7 Å². The molecule has 4 rings (SSSR count). The third kappa shape index (κ3) is 7.72. The predicted molar refractivity (Wildman–Crippen MR) is 140 cm³/mol. The summed E-state index contributed by atoms with van der Waals surface area (Å²) in [6, 6.07) is -2.00. The topological polar surface area (TPSA) is 147 Å². The maximum absolute atomic E-state index is 15.0. The summed E-state index contributed by atoms with van der Waals surface area (Å²) in [6.07, 6.45) is -4.40. The molecule has 0 saturated heterocycles. The van der Waals surface area contributed by atoms with E-state index in [9.17, 15) is 35.9 Å². The standard InChI is InChI=1S/C25H32F6N10O3/c1-13(2)41-17(7-8-32-41)23(43)34-16(12-44-24(3,4)25(29,30)31)22(42)33-15-11-39(36-20(15)28)18(9-19(26)27)21-35-37-38-40(21)10-14-5-6-14/h7-8,11,13-14,16,18-19H,5-6,9-10,12H2,1-4H3,(H,33,42)(H,34,43)/t16-,18-/m0/s1. The SMILES string of the molecule is CC(C)n1nccc1C(=O)N[C@@H](COC(C)(C)C(F)(F)F)C(=O)Nc1cn([C@@H](CC(F)F)c2nnnn2CC2CC2)nc1F. The number of hydrogen-bond donors (Lipinski definition) is 2. The zero-order valence-corrected chi connectivity index (χ0v) is 24.2. The van der Waals surface area contributed by atoms with Gasteiger partial charge in [-0.05, 0) is 62.9 Å². The van der Waals surface area contributed by atoms with Crippen molar-refractivity contribution in [2.75, 3.05) is 11.9 Å². The van der Waals surface area contributed by atoms with E-state index < -0.39 is 66.8 Å². The molecule has 0 spiro atoms. The van der Waals surface area contributed by atoms with Crippen molar-refractivity contribution < 1.29 is 40.7 Å². The van der Waals surface area contributed by atoms with Crippen molar-refractivity contribution in [1.82, 2.24) is 45.1 Å². The molecule has 2 atom stereocenters. The first kappa shape index (κ1) is 32.9. The Morgan fingerprint density at radius 3 is 2.50 bits per heavy atom. The van der Waals surface area contributed by atoms with E-state index in [1.807, 2.05) is 0 Å². The molecular weight excluding hydrogens is 602 g/mol. The van der Waals surface area contributed by atoms with Gasteiger partial charge in [-0.3, -0.25) is 19.0 Å². The van der Waals surface area contributed by atoms with Crippen molar-refractivity contribution in [3.05, 3.63) is 35.9 Å². The third-order valence-corrected chi connectivity index (χ3v) is 6.96. The molecule has 2 amide bonds. The molecule has 0 aromatic carbocycles. The number of amides is 2. The van der Waals surface area contributed by atoms with Crippen LogP contribution >= 0.6 is 0 Å². The van der Waals surface area contributed by atoms with Crippen LogP contribution in [0.1, 0.15) is 75.4 Å². The van der Waals surface area contributed by atoms with Crippen LogP contribution in [0.5, 0.6) is 0 Å². The number of rotatable bonds is 14. The Balaban J connectivity index is 1.58. The molecule has 0 radical (unpaired) electrons. The van der Waals surface area contributed by atoms with Crippen LogP contribution in [0.15, 0.2) is 18.5 Å². The average molecular weight is 635 g/mol. The zero-order chi connectivity index (χ0) is 32.4. The van der Waals surface area contributed by atoms with Gasteiger partial charge in [-0.25, -0.2) is 13.5 Å². The van der Waals surface area contributed by atoms with Gasteiger partial charge < -0.3 is 15.4 Å². The number of alkyl halides is 5. The number of carbonyl (C=O) groups excluding carboxylic acids is 2. The lowest BCUT2D eigenvalue weighted by Gasteiger charge is -2.30. The minimum Gasteiger partial charge on any atom is -0.363 e. The van der Waals surface area contributed by atoms with E-state index in [1.54, 1.807) is 13.8 Å². The van der Waals surface area contributed by atoms with Gasteiger partial charge in [0.05, 0.1) is 12.8 Å². The van der Waals surface area contributed by atoms with Crippen molar-refractivity contribution in [1.29, 1.82) is 0 Å². The highest BCUT2D eigenvalue weighted by atomic mass is 19.4. The summed E-state index contributed by atoms with van der Waals surface area (Å²) in [5.74, 6) is -3.01. The Morgan fingerprint density at radius 2 is 1.89 bits per heavy atom. The van der Waals surface area contributed by atoms with Gasteiger partial charge in [0.25, 0.3) is 11.9 Å². The van der Waals surface area contributed by atoms with E-state index in [4.69, 9.17) is 4.74 Å². The monoisotopic (exact) mass is 634 g/mol. The maximum atomic E-state index is 15.0. The summed E-state index contributed by atoms with van der Waals surface area (Å²) in [5, 5.41) is 23.3. The Morgan fingerprint density at radius 1 is 1.18 bits per heavy atom. The molecule has 1 aliphatic carbocycles. The molecule has 2 N–H and O–H groups in total. The molecule has 3 aromatic rings. The van der Waals surface area contributed by atoms with E-state index in [0.717, 1.165) is 37.6 Å². The molecule has 1 aliphatic rings. The number of hydrogen-bond acceptors (Lipinski definition) is 8. The molecule has 1 saturated carbocycles. The van der Waals surface area contributed by atoms with Gasteiger partial charge in [0, 0.05) is 25.2 Å². The van der Waals surface area contributed by atoms with Crippen molar-refractivity contribution in [3.63, 3.8) is 0 Å². The molecule has 0 aliphatic heterocycles. The predicted octanol–water partition coefficient (Wildman–Crippen LogP) is 3.54. The molecule has 19 heteroatoms.